The fourth-order valence-electron chi connectivity index (χ4n) is 1.90. The molecule has 0 aliphatic carbocycles. The maximum Gasteiger partial charge on any atom is 0.241 e. The molecule has 0 saturated heterocycles. The Balaban J connectivity index is 2.60. The zero-order valence-electron chi connectivity index (χ0n) is 10.9. The lowest BCUT2D eigenvalue weighted by molar-refractivity contribution is 0.563. The molecular weight excluding hydrogens is 262 g/mol. The number of nitrogens with two attached hydrogens (primary N) is 1. The summed E-state index contributed by atoms with van der Waals surface area (Å²) in [5, 5.41) is 0.624. The van der Waals surface area contributed by atoms with Crippen LogP contribution in [0.15, 0.2) is 35.4 Å². The molecule has 3 N–H and O–H groups in total. The Labute approximate surface area is 112 Å². The van der Waals surface area contributed by atoms with Crippen molar-refractivity contribution in [3.63, 3.8) is 0 Å². The van der Waals surface area contributed by atoms with Crippen LogP contribution in [0.2, 0.25) is 0 Å². The first-order valence-corrected chi connectivity index (χ1v) is 7.51. The molecule has 6 heteroatoms. The highest BCUT2D eigenvalue weighted by molar-refractivity contribution is 7.89. The van der Waals surface area contributed by atoms with E-state index in [1.807, 2.05) is 6.92 Å². The van der Waals surface area contributed by atoms with E-state index >= 15 is 0 Å². The summed E-state index contributed by atoms with van der Waals surface area (Å²) in [6.07, 6.45) is 1.65. The first kappa shape index (κ1) is 13.9. The van der Waals surface area contributed by atoms with Gasteiger partial charge in [-0.2, -0.15) is 0 Å². The Morgan fingerprint density at radius 2 is 2.11 bits per heavy atom. The normalized spacial score (nSPS) is 13.6. The maximum atomic E-state index is 12.3. The molecular formula is C13H17N3O2S. The molecule has 0 fully saturated rings. The van der Waals surface area contributed by atoms with E-state index in [9.17, 15) is 8.42 Å². The van der Waals surface area contributed by atoms with Crippen molar-refractivity contribution in [2.24, 2.45) is 5.73 Å². The molecule has 1 aromatic heterocycles. The van der Waals surface area contributed by atoms with Gasteiger partial charge in [-0.1, -0.05) is 6.07 Å². The van der Waals surface area contributed by atoms with Gasteiger partial charge in [-0.05, 0) is 37.6 Å². The number of hydrogen-bond acceptors (Lipinski definition) is 4. The van der Waals surface area contributed by atoms with Gasteiger partial charge in [0.2, 0.25) is 10.0 Å². The van der Waals surface area contributed by atoms with Crippen molar-refractivity contribution in [3.05, 3.63) is 36.0 Å². The van der Waals surface area contributed by atoms with Gasteiger partial charge in [0, 0.05) is 24.2 Å². The standard InChI is InChI=1S/C13H17N3O2S/c1-9-5-6-12(11-4-3-7-15-13(9)11)19(17,18)16-10(2)8-14/h3-7,10,16H,8,14H2,1-2H3/t10-/m0/s1. The first-order chi connectivity index (χ1) is 8.95. The lowest BCUT2D eigenvalue weighted by Crippen LogP contribution is -2.37. The third kappa shape index (κ3) is 2.75. The molecule has 0 unspecified atom stereocenters. The second kappa shape index (κ2) is 5.24. The van der Waals surface area contributed by atoms with Crippen LogP contribution in [-0.4, -0.2) is 26.0 Å². The van der Waals surface area contributed by atoms with Crippen molar-refractivity contribution in [1.29, 1.82) is 0 Å². The van der Waals surface area contributed by atoms with E-state index in [1.165, 1.54) is 0 Å². The molecule has 1 aromatic carbocycles. The van der Waals surface area contributed by atoms with Crippen LogP contribution in [0.5, 0.6) is 0 Å². The summed E-state index contributed by atoms with van der Waals surface area (Å²) in [5.41, 5.74) is 7.10. The lowest BCUT2D eigenvalue weighted by atomic mass is 10.1. The number of benzene rings is 1. The number of nitrogens with one attached hydrogen (secondary N) is 1. The molecule has 0 amide bonds. The Kier molecular flexibility index (Phi) is 3.84. The van der Waals surface area contributed by atoms with Gasteiger partial charge in [-0.15, -0.1) is 0 Å². The highest BCUT2D eigenvalue weighted by Gasteiger charge is 2.20. The largest absolute Gasteiger partial charge is 0.329 e. The molecule has 0 aliphatic heterocycles. The molecule has 0 spiro atoms. The van der Waals surface area contributed by atoms with Gasteiger partial charge in [0.25, 0.3) is 0 Å². The monoisotopic (exact) mass is 279 g/mol. The van der Waals surface area contributed by atoms with Gasteiger partial charge in [0.15, 0.2) is 0 Å². The summed E-state index contributed by atoms with van der Waals surface area (Å²) < 4.78 is 27.2. The average molecular weight is 279 g/mol. The van der Waals surface area contributed by atoms with Crippen LogP contribution in [-0.2, 0) is 10.0 Å². The van der Waals surface area contributed by atoms with E-state index in [2.05, 4.69) is 9.71 Å². The van der Waals surface area contributed by atoms with Gasteiger partial charge in [0.05, 0.1) is 10.4 Å². The minimum Gasteiger partial charge on any atom is -0.329 e. The molecule has 0 bridgehead atoms. The van der Waals surface area contributed by atoms with Crippen LogP contribution in [0.25, 0.3) is 10.9 Å². The number of pyridine rings is 1. The number of aryl methyl sites for hydroxylation is 1. The number of fused-ring (bicyclic) bond motifs is 1. The van der Waals surface area contributed by atoms with Crippen LogP contribution in [0.1, 0.15) is 12.5 Å². The van der Waals surface area contributed by atoms with Crippen molar-refractivity contribution in [2.45, 2.75) is 24.8 Å². The molecule has 1 heterocycles. The molecule has 2 rings (SSSR count). The van der Waals surface area contributed by atoms with Crippen LogP contribution >= 0.6 is 0 Å². The summed E-state index contributed by atoms with van der Waals surface area (Å²) in [7, 11) is -3.58. The Morgan fingerprint density at radius 1 is 1.37 bits per heavy atom. The number of sulfonamides is 1. The van der Waals surface area contributed by atoms with Crippen molar-refractivity contribution in [2.75, 3.05) is 6.54 Å². The summed E-state index contributed by atoms with van der Waals surface area (Å²) in [6.45, 7) is 3.88. The highest BCUT2D eigenvalue weighted by Crippen LogP contribution is 2.24. The highest BCUT2D eigenvalue weighted by atomic mass is 32.2. The predicted molar refractivity (Wildman–Crippen MR) is 75.3 cm³/mol. The third-order valence-corrected chi connectivity index (χ3v) is 4.58. The van der Waals surface area contributed by atoms with Gasteiger partial charge in [0.1, 0.15) is 0 Å². The zero-order chi connectivity index (χ0) is 14.0. The van der Waals surface area contributed by atoms with E-state index < -0.39 is 10.0 Å². The summed E-state index contributed by atoms with van der Waals surface area (Å²) in [4.78, 5) is 4.47. The smallest absolute Gasteiger partial charge is 0.241 e. The fourth-order valence-corrected chi connectivity index (χ4v) is 3.35. The molecule has 5 nitrogen and oxygen atoms in total. The van der Waals surface area contributed by atoms with Gasteiger partial charge >= 0.3 is 0 Å². The molecule has 1 atom stereocenters. The van der Waals surface area contributed by atoms with Crippen molar-refractivity contribution < 1.29 is 8.42 Å². The van der Waals surface area contributed by atoms with Gasteiger partial charge in [-0.25, -0.2) is 13.1 Å². The summed E-state index contributed by atoms with van der Waals surface area (Å²) in [5.74, 6) is 0. The number of nitrogens with zero attached hydrogens (tertiary/aromatic N) is 1. The molecule has 0 radical (unpaired) electrons. The first-order valence-electron chi connectivity index (χ1n) is 6.02. The molecule has 0 aliphatic rings. The SMILES string of the molecule is Cc1ccc(S(=O)(=O)N[C@@H](C)CN)c2cccnc12. The second-order valence-electron chi connectivity index (χ2n) is 4.54. The number of hydrogen-bond donors (Lipinski definition) is 2. The molecule has 19 heavy (non-hydrogen) atoms. The average Bonchev–Trinajstić information content (AvgIpc) is 2.38. The van der Waals surface area contributed by atoms with Gasteiger partial charge < -0.3 is 5.73 Å². The lowest BCUT2D eigenvalue weighted by Gasteiger charge is -2.14. The third-order valence-electron chi connectivity index (χ3n) is 2.93. The van der Waals surface area contributed by atoms with E-state index in [0.29, 0.717) is 10.9 Å². The predicted octanol–water partition coefficient (Wildman–Crippen LogP) is 1.17. The van der Waals surface area contributed by atoms with Crippen molar-refractivity contribution in [3.8, 4) is 0 Å². The number of aromatic nitrogens is 1. The Morgan fingerprint density at radius 3 is 2.79 bits per heavy atom. The molecule has 102 valence electrons. The Hall–Kier alpha value is -1.50. The molecule has 0 saturated carbocycles. The van der Waals surface area contributed by atoms with E-state index in [0.717, 1.165) is 5.56 Å². The minimum atomic E-state index is -3.58. The van der Waals surface area contributed by atoms with E-state index in [1.54, 1.807) is 37.4 Å². The summed E-state index contributed by atoms with van der Waals surface area (Å²) >= 11 is 0. The van der Waals surface area contributed by atoms with Crippen LogP contribution in [0.4, 0.5) is 0 Å². The van der Waals surface area contributed by atoms with E-state index in [-0.39, 0.29) is 17.5 Å². The van der Waals surface area contributed by atoms with Crippen LogP contribution in [0.3, 0.4) is 0 Å². The summed E-state index contributed by atoms with van der Waals surface area (Å²) in [6, 6.07) is 6.55. The quantitative estimate of drug-likeness (QED) is 0.879. The molecule has 2 aromatic rings. The zero-order valence-corrected chi connectivity index (χ0v) is 11.7. The van der Waals surface area contributed by atoms with E-state index in [4.69, 9.17) is 5.73 Å². The van der Waals surface area contributed by atoms with Crippen LogP contribution in [0, 0.1) is 6.92 Å². The topological polar surface area (TPSA) is 85.1 Å². The van der Waals surface area contributed by atoms with Crippen molar-refractivity contribution in [1.82, 2.24) is 9.71 Å². The number of rotatable bonds is 4. The fraction of sp³-hybridized carbons (Fsp3) is 0.308. The van der Waals surface area contributed by atoms with Crippen LogP contribution < -0.4 is 10.5 Å². The maximum absolute atomic E-state index is 12.3. The minimum absolute atomic E-state index is 0.238. The van der Waals surface area contributed by atoms with Crippen molar-refractivity contribution >= 4 is 20.9 Å². The Bertz CT molecular complexity index is 698. The van der Waals surface area contributed by atoms with Gasteiger partial charge in [-0.3, -0.25) is 4.98 Å². The second-order valence-corrected chi connectivity index (χ2v) is 6.22.